The van der Waals surface area contributed by atoms with Crippen LogP contribution in [0.25, 0.3) is 12.2 Å². The van der Waals surface area contributed by atoms with E-state index in [4.69, 9.17) is 25.8 Å². The van der Waals surface area contributed by atoms with E-state index in [9.17, 15) is 14.0 Å². The normalized spacial score (nSPS) is 14.2. The van der Waals surface area contributed by atoms with Gasteiger partial charge in [-0.1, -0.05) is 23.7 Å². The number of aromatic nitrogens is 1. The van der Waals surface area contributed by atoms with Gasteiger partial charge in [0.1, 0.15) is 16.2 Å². The molecule has 0 spiro atoms. The molecule has 0 radical (unpaired) electrons. The molecular formula is C23H19ClFNO5S. The Labute approximate surface area is 191 Å². The SMILES string of the molecule is CCOC(=O)/C=c1\s/c(=C\c2cccc(F)c2)c(=O)n1Cc1cc(Cl)cc2c1OCOC2. The van der Waals surface area contributed by atoms with Gasteiger partial charge in [-0.15, -0.1) is 11.3 Å². The predicted octanol–water partition coefficient (Wildman–Crippen LogP) is 2.79. The van der Waals surface area contributed by atoms with Gasteiger partial charge in [-0.2, -0.15) is 0 Å². The van der Waals surface area contributed by atoms with Crippen molar-refractivity contribution in [3.63, 3.8) is 0 Å². The maximum absolute atomic E-state index is 13.6. The van der Waals surface area contributed by atoms with Crippen LogP contribution in [-0.4, -0.2) is 23.9 Å². The van der Waals surface area contributed by atoms with Gasteiger partial charge in [0.25, 0.3) is 5.56 Å². The van der Waals surface area contributed by atoms with Crippen LogP contribution in [0.4, 0.5) is 4.39 Å². The van der Waals surface area contributed by atoms with Crippen molar-refractivity contribution in [1.29, 1.82) is 0 Å². The number of fused-ring (bicyclic) bond motifs is 1. The van der Waals surface area contributed by atoms with Gasteiger partial charge in [0.2, 0.25) is 0 Å². The molecule has 0 aliphatic carbocycles. The van der Waals surface area contributed by atoms with Crippen molar-refractivity contribution in [2.75, 3.05) is 13.4 Å². The third kappa shape index (κ3) is 4.93. The quantitative estimate of drug-likeness (QED) is 0.531. The molecule has 0 unspecified atom stereocenters. The van der Waals surface area contributed by atoms with Crippen LogP contribution in [0.5, 0.6) is 5.75 Å². The van der Waals surface area contributed by atoms with Crippen LogP contribution in [-0.2, 0) is 27.4 Å². The fourth-order valence-electron chi connectivity index (χ4n) is 3.37. The van der Waals surface area contributed by atoms with Gasteiger partial charge in [0.15, 0.2) is 6.79 Å². The predicted molar refractivity (Wildman–Crippen MR) is 120 cm³/mol. The highest BCUT2D eigenvalue weighted by Crippen LogP contribution is 2.31. The van der Waals surface area contributed by atoms with Gasteiger partial charge < -0.3 is 14.2 Å². The average Bonchev–Trinajstić information content (AvgIpc) is 3.02. The first kappa shape index (κ1) is 22.3. The van der Waals surface area contributed by atoms with Gasteiger partial charge in [-0.05, 0) is 42.8 Å². The summed E-state index contributed by atoms with van der Waals surface area (Å²) in [6.45, 7) is 2.49. The number of carbonyl (C=O) groups excluding carboxylic acids is 1. The number of nitrogens with zero attached hydrogens (tertiary/aromatic N) is 1. The van der Waals surface area contributed by atoms with Crippen molar-refractivity contribution >= 4 is 41.1 Å². The van der Waals surface area contributed by atoms with E-state index in [0.717, 1.165) is 16.9 Å². The van der Waals surface area contributed by atoms with E-state index in [-0.39, 0.29) is 25.5 Å². The zero-order chi connectivity index (χ0) is 22.7. The monoisotopic (exact) mass is 475 g/mol. The van der Waals surface area contributed by atoms with Crippen LogP contribution in [0.15, 0.2) is 41.2 Å². The van der Waals surface area contributed by atoms with Crippen LogP contribution in [0, 0.1) is 5.82 Å². The van der Waals surface area contributed by atoms with E-state index in [1.807, 2.05) is 0 Å². The van der Waals surface area contributed by atoms with Crippen molar-refractivity contribution < 1.29 is 23.4 Å². The summed E-state index contributed by atoms with van der Waals surface area (Å²) in [6, 6.07) is 9.40. The number of benzene rings is 2. The van der Waals surface area contributed by atoms with Crippen LogP contribution < -0.4 is 19.5 Å². The second-order valence-corrected chi connectivity index (χ2v) is 8.45. The van der Waals surface area contributed by atoms with E-state index in [0.29, 0.717) is 37.7 Å². The summed E-state index contributed by atoms with van der Waals surface area (Å²) < 4.78 is 31.8. The minimum absolute atomic E-state index is 0.0978. The molecule has 2 aromatic carbocycles. The lowest BCUT2D eigenvalue weighted by Crippen LogP contribution is -2.32. The van der Waals surface area contributed by atoms with E-state index in [2.05, 4.69) is 0 Å². The van der Waals surface area contributed by atoms with Crippen LogP contribution in [0.1, 0.15) is 23.6 Å². The minimum Gasteiger partial charge on any atom is -0.467 e. The second-order valence-electron chi connectivity index (χ2n) is 6.96. The molecule has 0 amide bonds. The van der Waals surface area contributed by atoms with Crippen LogP contribution in [0.3, 0.4) is 0 Å². The summed E-state index contributed by atoms with van der Waals surface area (Å²) in [7, 11) is 0. The van der Waals surface area contributed by atoms with E-state index >= 15 is 0 Å². The molecule has 9 heteroatoms. The lowest BCUT2D eigenvalue weighted by atomic mass is 10.1. The fraction of sp³-hybridized carbons (Fsp3) is 0.217. The molecule has 2 heterocycles. The number of halogens is 2. The molecule has 32 heavy (non-hydrogen) atoms. The molecule has 0 bridgehead atoms. The number of esters is 1. The maximum atomic E-state index is 13.6. The Hall–Kier alpha value is -2.94. The second kappa shape index (κ2) is 9.68. The Balaban J connectivity index is 1.86. The molecule has 1 aliphatic rings. The minimum atomic E-state index is -0.558. The number of hydrogen-bond donors (Lipinski definition) is 0. The number of hydrogen-bond acceptors (Lipinski definition) is 6. The highest BCUT2D eigenvalue weighted by molar-refractivity contribution is 7.07. The molecule has 4 rings (SSSR count). The lowest BCUT2D eigenvalue weighted by molar-refractivity contribution is -0.135. The number of ether oxygens (including phenoxy) is 3. The van der Waals surface area contributed by atoms with Gasteiger partial charge >= 0.3 is 5.97 Å². The molecule has 3 aromatic rings. The molecule has 1 aromatic heterocycles. The van der Waals surface area contributed by atoms with Crippen LogP contribution >= 0.6 is 22.9 Å². The van der Waals surface area contributed by atoms with Crippen molar-refractivity contribution in [3.05, 3.63) is 83.5 Å². The fourth-order valence-corrected chi connectivity index (χ4v) is 4.66. The standard InChI is InChI=1S/C23H19ClFNO5S/c1-2-30-21(27)10-20-26(11-15-8-17(24)9-16-12-29-13-31-22(15)16)23(28)19(32-20)7-14-4-3-5-18(25)6-14/h3-10H,2,11-13H2,1H3/b19-7-,20-10-. The highest BCUT2D eigenvalue weighted by Gasteiger charge is 2.18. The third-order valence-electron chi connectivity index (χ3n) is 4.69. The van der Waals surface area contributed by atoms with Gasteiger partial charge in [-0.25, -0.2) is 9.18 Å². The van der Waals surface area contributed by atoms with Gasteiger partial charge in [0, 0.05) is 16.1 Å². The van der Waals surface area contributed by atoms with Crippen molar-refractivity contribution in [2.24, 2.45) is 0 Å². The summed E-state index contributed by atoms with van der Waals surface area (Å²) in [5, 5.41) is 0.485. The van der Waals surface area contributed by atoms with Gasteiger partial charge in [0.05, 0.1) is 30.4 Å². The van der Waals surface area contributed by atoms with E-state index in [1.165, 1.54) is 22.8 Å². The number of thiazole rings is 1. The number of carbonyl (C=O) groups is 1. The summed E-state index contributed by atoms with van der Waals surface area (Å²) in [6.07, 6.45) is 2.87. The first-order valence-electron chi connectivity index (χ1n) is 9.82. The summed E-state index contributed by atoms with van der Waals surface area (Å²) >= 11 is 7.38. The van der Waals surface area contributed by atoms with Crippen LogP contribution in [0.2, 0.25) is 5.02 Å². The Morgan fingerprint density at radius 2 is 2.19 bits per heavy atom. The molecule has 0 fully saturated rings. The Kier molecular flexibility index (Phi) is 6.74. The van der Waals surface area contributed by atoms with Crippen molar-refractivity contribution in [3.8, 4) is 5.75 Å². The number of rotatable bonds is 5. The Morgan fingerprint density at radius 3 is 2.97 bits per heavy atom. The first-order valence-corrected chi connectivity index (χ1v) is 11.0. The van der Waals surface area contributed by atoms with Crippen molar-refractivity contribution in [1.82, 2.24) is 4.57 Å². The largest absolute Gasteiger partial charge is 0.467 e. The van der Waals surface area contributed by atoms with E-state index in [1.54, 1.807) is 37.3 Å². The molecule has 0 N–H and O–H groups in total. The zero-order valence-corrected chi connectivity index (χ0v) is 18.7. The third-order valence-corrected chi connectivity index (χ3v) is 5.97. The first-order chi connectivity index (χ1) is 15.4. The Bertz CT molecular complexity index is 1350. The maximum Gasteiger partial charge on any atom is 0.333 e. The highest BCUT2D eigenvalue weighted by atomic mass is 35.5. The Morgan fingerprint density at radius 1 is 1.34 bits per heavy atom. The molecule has 0 saturated heterocycles. The van der Waals surface area contributed by atoms with Gasteiger partial charge in [-0.3, -0.25) is 9.36 Å². The lowest BCUT2D eigenvalue weighted by Gasteiger charge is -2.21. The topological polar surface area (TPSA) is 66.8 Å². The molecule has 1 aliphatic heterocycles. The molecular weight excluding hydrogens is 457 g/mol. The zero-order valence-electron chi connectivity index (χ0n) is 17.1. The van der Waals surface area contributed by atoms with Crippen molar-refractivity contribution in [2.45, 2.75) is 20.1 Å². The summed E-state index contributed by atoms with van der Waals surface area (Å²) in [5.41, 5.74) is 1.69. The van der Waals surface area contributed by atoms with E-state index < -0.39 is 11.8 Å². The molecule has 6 nitrogen and oxygen atoms in total. The smallest absolute Gasteiger partial charge is 0.333 e. The molecule has 0 saturated carbocycles. The molecule has 166 valence electrons. The summed E-state index contributed by atoms with van der Waals surface area (Å²) in [4.78, 5) is 25.4. The molecule has 0 atom stereocenters. The summed E-state index contributed by atoms with van der Waals surface area (Å²) in [5.74, 6) is -0.354. The average molecular weight is 476 g/mol.